The Morgan fingerprint density at radius 2 is 2.05 bits per heavy atom. The first-order valence-corrected chi connectivity index (χ1v) is 6.11. The van der Waals surface area contributed by atoms with Gasteiger partial charge in [-0.15, -0.1) is 0 Å². The average Bonchev–Trinajstić information content (AvgIpc) is 2.94. The summed E-state index contributed by atoms with van der Waals surface area (Å²) in [6.45, 7) is 0.189. The normalized spacial score (nSPS) is 10.6. The van der Waals surface area contributed by atoms with Gasteiger partial charge < -0.3 is 14.2 Å². The van der Waals surface area contributed by atoms with Crippen LogP contribution in [0.3, 0.4) is 0 Å². The van der Waals surface area contributed by atoms with E-state index < -0.39 is 5.97 Å². The number of hydrogen-bond donors (Lipinski definition) is 1. The summed E-state index contributed by atoms with van der Waals surface area (Å²) in [5.41, 5.74) is 1.59. The van der Waals surface area contributed by atoms with Crippen LogP contribution >= 0.6 is 0 Å². The minimum absolute atomic E-state index is 0.189. The Labute approximate surface area is 115 Å². The van der Waals surface area contributed by atoms with Gasteiger partial charge in [0, 0.05) is 24.2 Å². The van der Waals surface area contributed by atoms with Gasteiger partial charge in [-0.1, -0.05) is 18.2 Å². The molecule has 0 bridgehead atoms. The van der Waals surface area contributed by atoms with Crippen LogP contribution in [0.25, 0.3) is 5.65 Å². The van der Waals surface area contributed by atoms with E-state index in [0.717, 1.165) is 0 Å². The molecule has 0 aliphatic rings. The number of carbonyl (C=O) groups is 1. The molecule has 1 aromatic carbocycles. The fraction of sp³-hybridized carbons (Fsp3) is 0.0667. The summed E-state index contributed by atoms with van der Waals surface area (Å²) >= 11 is 0. The Balaban J connectivity index is 1.87. The van der Waals surface area contributed by atoms with Gasteiger partial charge >= 0.3 is 5.97 Å². The van der Waals surface area contributed by atoms with Gasteiger partial charge in [0.2, 0.25) is 0 Å². The molecule has 0 fully saturated rings. The highest BCUT2D eigenvalue weighted by atomic mass is 16.5. The van der Waals surface area contributed by atoms with Crippen LogP contribution in [0.5, 0.6) is 5.75 Å². The molecule has 1 N–H and O–H groups in total. The van der Waals surface area contributed by atoms with E-state index in [2.05, 4.69) is 4.98 Å². The molecule has 2 aromatic heterocycles. The van der Waals surface area contributed by atoms with E-state index in [1.165, 1.54) is 0 Å². The zero-order valence-corrected chi connectivity index (χ0v) is 10.6. The molecule has 3 rings (SSSR count). The van der Waals surface area contributed by atoms with Crippen LogP contribution in [0.4, 0.5) is 0 Å². The van der Waals surface area contributed by atoms with Gasteiger partial charge in [-0.25, -0.2) is 9.78 Å². The van der Waals surface area contributed by atoms with Crippen LogP contribution in [-0.4, -0.2) is 20.5 Å². The number of ether oxygens (including phenoxy) is 1. The molecule has 5 heteroatoms. The van der Waals surface area contributed by atoms with Crippen molar-refractivity contribution in [3.05, 3.63) is 66.1 Å². The molecular weight excluding hydrogens is 256 g/mol. The highest BCUT2D eigenvalue weighted by molar-refractivity contribution is 5.89. The van der Waals surface area contributed by atoms with Crippen molar-refractivity contribution in [3.8, 4) is 5.75 Å². The third-order valence-electron chi connectivity index (χ3n) is 3.01. The van der Waals surface area contributed by atoms with E-state index >= 15 is 0 Å². The van der Waals surface area contributed by atoms with Gasteiger partial charge in [-0.2, -0.15) is 0 Å². The van der Waals surface area contributed by atoms with Crippen LogP contribution in [0.1, 0.15) is 15.9 Å². The van der Waals surface area contributed by atoms with Crippen LogP contribution in [0, 0.1) is 0 Å². The quantitative estimate of drug-likeness (QED) is 0.790. The number of fused-ring (bicyclic) bond motifs is 1. The van der Waals surface area contributed by atoms with Gasteiger partial charge in [-0.3, -0.25) is 0 Å². The Morgan fingerprint density at radius 3 is 2.90 bits per heavy atom. The number of imidazole rings is 1. The summed E-state index contributed by atoms with van der Waals surface area (Å²) in [7, 11) is 0. The monoisotopic (exact) mass is 268 g/mol. The van der Waals surface area contributed by atoms with Crippen molar-refractivity contribution in [2.24, 2.45) is 0 Å². The first-order valence-electron chi connectivity index (χ1n) is 6.11. The zero-order chi connectivity index (χ0) is 13.9. The van der Waals surface area contributed by atoms with Crippen molar-refractivity contribution < 1.29 is 14.6 Å². The zero-order valence-electron chi connectivity index (χ0n) is 10.6. The average molecular weight is 268 g/mol. The molecule has 0 saturated heterocycles. The second-order valence-corrected chi connectivity index (χ2v) is 4.28. The molecule has 0 spiro atoms. The standard InChI is InChI=1S/C15H12N2O3/c18-15(19)12-5-2-1-4-11(12)10-20-13-6-3-8-17-9-7-16-14(13)17/h1-9H,10H2,(H,18,19). The van der Waals surface area contributed by atoms with Crippen LogP contribution in [0.2, 0.25) is 0 Å². The van der Waals surface area contributed by atoms with Crippen LogP contribution in [-0.2, 0) is 6.61 Å². The molecule has 0 unspecified atom stereocenters. The number of nitrogens with zero attached hydrogens (tertiary/aromatic N) is 2. The summed E-state index contributed by atoms with van der Waals surface area (Å²) in [5.74, 6) is -0.332. The van der Waals surface area contributed by atoms with Crippen molar-refractivity contribution in [1.82, 2.24) is 9.38 Å². The minimum atomic E-state index is -0.955. The molecule has 0 atom stereocenters. The molecule has 0 saturated carbocycles. The number of rotatable bonds is 4. The first-order chi connectivity index (χ1) is 9.75. The van der Waals surface area contributed by atoms with Crippen LogP contribution < -0.4 is 4.74 Å². The minimum Gasteiger partial charge on any atom is -0.485 e. The predicted octanol–water partition coefficient (Wildman–Crippen LogP) is 2.61. The highest BCUT2D eigenvalue weighted by Crippen LogP contribution is 2.19. The van der Waals surface area contributed by atoms with Crippen molar-refractivity contribution >= 4 is 11.6 Å². The molecule has 0 amide bonds. The Hall–Kier alpha value is -2.82. The van der Waals surface area contributed by atoms with E-state index in [1.54, 1.807) is 30.5 Å². The second kappa shape index (κ2) is 5.05. The molecule has 0 aliphatic heterocycles. The Morgan fingerprint density at radius 1 is 1.20 bits per heavy atom. The number of carboxylic acids is 1. The molecule has 0 radical (unpaired) electrons. The highest BCUT2D eigenvalue weighted by Gasteiger charge is 2.10. The van der Waals surface area contributed by atoms with Gasteiger partial charge in [0.1, 0.15) is 6.61 Å². The molecule has 2 heterocycles. The molecule has 20 heavy (non-hydrogen) atoms. The smallest absolute Gasteiger partial charge is 0.336 e. The van der Waals surface area contributed by atoms with Crippen LogP contribution in [0.15, 0.2) is 55.0 Å². The number of benzene rings is 1. The lowest BCUT2D eigenvalue weighted by molar-refractivity contribution is 0.0694. The maximum atomic E-state index is 11.1. The van der Waals surface area contributed by atoms with E-state index in [9.17, 15) is 4.79 Å². The predicted molar refractivity (Wildman–Crippen MR) is 72.9 cm³/mol. The second-order valence-electron chi connectivity index (χ2n) is 4.28. The summed E-state index contributed by atoms with van der Waals surface area (Å²) in [6, 6.07) is 10.5. The Bertz CT molecular complexity index is 764. The number of carboxylic acid groups (broad SMARTS) is 1. The number of hydrogen-bond acceptors (Lipinski definition) is 3. The van der Waals surface area contributed by atoms with E-state index in [1.807, 2.05) is 28.9 Å². The lowest BCUT2D eigenvalue weighted by Crippen LogP contribution is -2.05. The summed E-state index contributed by atoms with van der Waals surface area (Å²) < 4.78 is 7.55. The largest absolute Gasteiger partial charge is 0.485 e. The number of aromatic nitrogens is 2. The Kier molecular flexibility index (Phi) is 3.09. The SMILES string of the molecule is O=C(O)c1ccccc1COc1cccn2ccnc12. The maximum absolute atomic E-state index is 11.1. The first kappa shape index (κ1) is 12.2. The lowest BCUT2D eigenvalue weighted by atomic mass is 10.1. The third-order valence-corrected chi connectivity index (χ3v) is 3.01. The van der Waals surface area contributed by atoms with Crippen molar-refractivity contribution in [1.29, 1.82) is 0 Å². The maximum Gasteiger partial charge on any atom is 0.336 e. The van der Waals surface area contributed by atoms with Gasteiger partial charge in [0.15, 0.2) is 11.4 Å². The number of aromatic carboxylic acids is 1. The molecule has 0 aliphatic carbocycles. The lowest BCUT2D eigenvalue weighted by Gasteiger charge is -2.09. The van der Waals surface area contributed by atoms with Gasteiger partial charge in [-0.05, 0) is 18.2 Å². The molecule has 100 valence electrons. The number of pyridine rings is 1. The van der Waals surface area contributed by atoms with Crippen molar-refractivity contribution in [2.75, 3.05) is 0 Å². The van der Waals surface area contributed by atoms with E-state index in [0.29, 0.717) is 17.0 Å². The van der Waals surface area contributed by atoms with Crippen molar-refractivity contribution in [2.45, 2.75) is 6.61 Å². The summed E-state index contributed by atoms with van der Waals surface area (Å²) in [4.78, 5) is 15.3. The van der Waals surface area contributed by atoms with E-state index in [4.69, 9.17) is 9.84 Å². The summed E-state index contributed by atoms with van der Waals surface area (Å²) in [5, 5.41) is 9.13. The fourth-order valence-corrected chi connectivity index (χ4v) is 2.04. The summed E-state index contributed by atoms with van der Waals surface area (Å²) in [6.07, 6.45) is 5.39. The van der Waals surface area contributed by atoms with Crippen molar-refractivity contribution in [3.63, 3.8) is 0 Å². The molecule has 3 aromatic rings. The van der Waals surface area contributed by atoms with Gasteiger partial charge in [0.25, 0.3) is 0 Å². The molecular formula is C15H12N2O3. The molecule has 5 nitrogen and oxygen atoms in total. The topological polar surface area (TPSA) is 63.8 Å². The third kappa shape index (κ3) is 2.21. The fourth-order valence-electron chi connectivity index (χ4n) is 2.04. The van der Waals surface area contributed by atoms with E-state index in [-0.39, 0.29) is 12.2 Å². The van der Waals surface area contributed by atoms with Gasteiger partial charge in [0.05, 0.1) is 5.56 Å².